The molecule has 0 radical (unpaired) electrons. The first kappa shape index (κ1) is 19.8. The zero-order valence-corrected chi connectivity index (χ0v) is 16.6. The molecule has 0 spiro atoms. The van der Waals surface area contributed by atoms with Crippen molar-refractivity contribution < 1.29 is 4.39 Å². The van der Waals surface area contributed by atoms with E-state index in [0.717, 1.165) is 16.7 Å². The Morgan fingerprint density at radius 1 is 1.26 bits per heavy atom. The van der Waals surface area contributed by atoms with Gasteiger partial charge in [0.1, 0.15) is 5.82 Å². The molecule has 0 atom stereocenters. The van der Waals surface area contributed by atoms with Crippen molar-refractivity contribution in [3.63, 3.8) is 0 Å². The molecular formula is C16H19BrFIN4. The van der Waals surface area contributed by atoms with Crippen LogP contribution in [0.15, 0.2) is 52.1 Å². The molecule has 2 aromatic rings. The van der Waals surface area contributed by atoms with Crippen LogP contribution in [-0.2, 0) is 13.1 Å². The van der Waals surface area contributed by atoms with E-state index < -0.39 is 0 Å². The molecule has 0 unspecified atom stereocenters. The Balaban J connectivity index is 0.00000264. The van der Waals surface area contributed by atoms with E-state index in [-0.39, 0.29) is 36.3 Å². The Morgan fingerprint density at radius 2 is 2.09 bits per heavy atom. The zero-order chi connectivity index (χ0) is 15.8. The highest BCUT2D eigenvalue weighted by Gasteiger charge is 2.03. The lowest BCUT2D eigenvalue weighted by molar-refractivity contribution is 0.609. The number of rotatable bonds is 5. The summed E-state index contributed by atoms with van der Waals surface area (Å²) in [6.07, 6.45) is 1.75. The monoisotopic (exact) mass is 492 g/mol. The summed E-state index contributed by atoms with van der Waals surface area (Å²) in [6, 6.07) is 10.6. The fourth-order valence-electron chi connectivity index (χ4n) is 1.85. The van der Waals surface area contributed by atoms with Crippen LogP contribution in [-0.4, -0.2) is 17.5 Å². The Labute approximate surface area is 161 Å². The molecule has 0 aliphatic carbocycles. The Hall–Kier alpha value is -1.22. The van der Waals surface area contributed by atoms with Crippen molar-refractivity contribution >= 4 is 45.9 Å². The summed E-state index contributed by atoms with van der Waals surface area (Å²) >= 11 is 3.34. The minimum atomic E-state index is -0.257. The lowest BCUT2D eigenvalue weighted by Crippen LogP contribution is -2.37. The number of halogens is 3. The molecule has 0 aliphatic heterocycles. The summed E-state index contributed by atoms with van der Waals surface area (Å²) in [4.78, 5) is 8.65. The van der Waals surface area contributed by atoms with E-state index in [4.69, 9.17) is 0 Å². The first-order valence-corrected chi connectivity index (χ1v) is 7.84. The zero-order valence-electron chi connectivity index (χ0n) is 12.7. The molecule has 4 nitrogen and oxygen atoms in total. The molecule has 124 valence electrons. The fraction of sp³-hybridized carbons (Fsp3) is 0.250. The van der Waals surface area contributed by atoms with Crippen LogP contribution in [0.2, 0.25) is 0 Å². The molecule has 0 aliphatic rings. The van der Waals surface area contributed by atoms with Gasteiger partial charge < -0.3 is 10.6 Å². The Bertz CT molecular complexity index is 637. The van der Waals surface area contributed by atoms with Gasteiger partial charge in [0.25, 0.3) is 0 Å². The first-order chi connectivity index (χ1) is 10.7. The maximum atomic E-state index is 13.7. The van der Waals surface area contributed by atoms with Gasteiger partial charge in [-0.25, -0.2) is 9.38 Å². The van der Waals surface area contributed by atoms with Crippen molar-refractivity contribution in [1.82, 2.24) is 15.6 Å². The van der Waals surface area contributed by atoms with Crippen LogP contribution in [0.1, 0.15) is 18.2 Å². The maximum absolute atomic E-state index is 13.7. The number of aliphatic imine (C=N–C) groups is 1. The molecular weight excluding hydrogens is 474 g/mol. The van der Waals surface area contributed by atoms with Crippen LogP contribution in [0, 0.1) is 5.82 Å². The van der Waals surface area contributed by atoms with Crippen LogP contribution in [0.3, 0.4) is 0 Å². The first-order valence-electron chi connectivity index (χ1n) is 7.05. The van der Waals surface area contributed by atoms with Gasteiger partial charge in [-0.15, -0.1) is 24.0 Å². The number of nitrogens with one attached hydrogen (secondary N) is 2. The van der Waals surface area contributed by atoms with Crippen molar-refractivity contribution in [2.24, 2.45) is 4.99 Å². The van der Waals surface area contributed by atoms with Crippen molar-refractivity contribution in [3.05, 3.63) is 64.1 Å². The Morgan fingerprint density at radius 3 is 2.78 bits per heavy atom. The standard InChI is InChI=1S/C16H18BrFN4.HI/c1-2-19-16(22-11-14-5-3-4-8-20-14)21-10-12-9-13(17)6-7-15(12)18;/h3-9H,2,10-11H2,1H3,(H2,19,21,22);1H. The summed E-state index contributed by atoms with van der Waals surface area (Å²) in [5.41, 5.74) is 1.46. The maximum Gasteiger partial charge on any atom is 0.191 e. The van der Waals surface area contributed by atoms with E-state index in [1.54, 1.807) is 18.3 Å². The highest BCUT2D eigenvalue weighted by molar-refractivity contribution is 14.0. The van der Waals surface area contributed by atoms with Gasteiger partial charge in [0.2, 0.25) is 0 Å². The molecule has 0 bridgehead atoms. The second kappa shape index (κ2) is 10.5. The van der Waals surface area contributed by atoms with Crippen molar-refractivity contribution in [3.8, 4) is 0 Å². The van der Waals surface area contributed by atoms with Gasteiger partial charge in [-0.2, -0.15) is 0 Å². The molecule has 1 aromatic carbocycles. The van der Waals surface area contributed by atoms with Crippen LogP contribution in [0.25, 0.3) is 0 Å². The van der Waals surface area contributed by atoms with Crippen molar-refractivity contribution in [1.29, 1.82) is 0 Å². The highest BCUT2D eigenvalue weighted by Crippen LogP contribution is 2.16. The quantitative estimate of drug-likeness (QED) is 0.378. The average molecular weight is 493 g/mol. The molecule has 7 heteroatoms. The van der Waals surface area contributed by atoms with Gasteiger partial charge >= 0.3 is 0 Å². The SMILES string of the molecule is CCNC(=NCc1cc(Br)ccc1F)NCc1ccccn1.I. The molecule has 0 saturated carbocycles. The molecule has 2 N–H and O–H groups in total. The molecule has 0 fully saturated rings. The molecule has 1 heterocycles. The summed E-state index contributed by atoms with van der Waals surface area (Å²) < 4.78 is 14.6. The van der Waals surface area contributed by atoms with E-state index in [1.807, 2.05) is 25.1 Å². The third-order valence-electron chi connectivity index (χ3n) is 2.92. The lowest BCUT2D eigenvalue weighted by atomic mass is 10.2. The number of pyridine rings is 1. The number of benzene rings is 1. The van der Waals surface area contributed by atoms with Crippen molar-refractivity contribution in [2.45, 2.75) is 20.0 Å². The number of guanidine groups is 1. The number of hydrogen-bond acceptors (Lipinski definition) is 2. The average Bonchev–Trinajstić information content (AvgIpc) is 2.54. The van der Waals surface area contributed by atoms with Gasteiger partial charge in [-0.3, -0.25) is 4.98 Å². The van der Waals surface area contributed by atoms with E-state index in [1.165, 1.54) is 6.07 Å². The van der Waals surface area contributed by atoms with E-state index >= 15 is 0 Å². The highest BCUT2D eigenvalue weighted by atomic mass is 127. The van der Waals surface area contributed by atoms with E-state index in [9.17, 15) is 4.39 Å². The van der Waals surface area contributed by atoms with Gasteiger partial charge in [-0.1, -0.05) is 22.0 Å². The van der Waals surface area contributed by atoms with Crippen LogP contribution in [0.5, 0.6) is 0 Å². The lowest BCUT2D eigenvalue weighted by Gasteiger charge is -2.11. The predicted molar refractivity (Wildman–Crippen MR) is 105 cm³/mol. The molecule has 0 amide bonds. The Kier molecular flexibility index (Phi) is 9.08. The van der Waals surface area contributed by atoms with Gasteiger partial charge in [0.15, 0.2) is 5.96 Å². The number of nitrogens with zero attached hydrogens (tertiary/aromatic N) is 2. The summed E-state index contributed by atoms with van der Waals surface area (Å²) in [5, 5.41) is 6.32. The normalized spacial score (nSPS) is 10.8. The van der Waals surface area contributed by atoms with Crippen LogP contribution >= 0.6 is 39.9 Å². The third-order valence-corrected chi connectivity index (χ3v) is 3.42. The molecule has 1 aromatic heterocycles. The van der Waals surface area contributed by atoms with E-state index in [2.05, 4.69) is 36.5 Å². The summed E-state index contributed by atoms with van der Waals surface area (Å²) in [6.45, 7) is 3.54. The van der Waals surface area contributed by atoms with Gasteiger partial charge in [0.05, 0.1) is 18.8 Å². The van der Waals surface area contributed by atoms with Crippen LogP contribution in [0.4, 0.5) is 4.39 Å². The number of hydrogen-bond donors (Lipinski definition) is 2. The summed E-state index contributed by atoms with van der Waals surface area (Å²) in [7, 11) is 0. The third kappa shape index (κ3) is 6.82. The predicted octanol–water partition coefficient (Wildman–Crippen LogP) is 3.86. The van der Waals surface area contributed by atoms with Crippen LogP contribution < -0.4 is 10.6 Å². The fourth-order valence-corrected chi connectivity index (χ4v) is 2.26. The van der Waals surface area contributed by atoms with Crippen molar-refractivity contribution in [2.75, 3.05) is 6.54 Å². The van der Waals surface area contributed by atoms with Gasteiger partial charge in [-0.05, 0) is 37.3 Å². The second-order valence-corrected chi connectivity index (χ2v) is 5.52. The molecule has 0 saturated heterocycles. The number of aromatic nitrogens is 1. The minimum absolute atomic E-state index is 0. The molecule has 23 heavy (non-hydrogen) atoms. The smallest absolute Gasteiger partial charge is 0.191 e. The van der Waals surface area contributed by atoms with Gasteiger partial charge in [0, 0.05) is 22.8 Å². The summed E-state index contributed by atoms with van der Waals surface area (Å²) in [5.74, 6) is 0.375. The minimum Gasteiger partial charge on any atom is -0.357 e. The largest absolute Gasteiger partial charge is 0.357 e. The van der Waals surface area contributed by atoms with E-state index in [0.29, 0.717) is 18.1 Å². The molecule has 2 rings (SSSR count). The second-order valence-electron chi connectivity index (χ2n) is 4.61. The topological polar surface area (TPSA) is 49.3 Å².